The lowest BCUT2D eigenvalue weighted by molar-refractivity contribution is 0.280. The summed E-state index contributed by atoms with van der Waals surface area (Å²) in [4.78, 5) is 0. The Hall–Kier alpha value is -1.16. The minimum atomic E-state index is 0.504. The first-order valence-corrected chi connectivity index (χ1v) is 3.19. The molecule has 0 bridgehead atoms. The van der Waals surface area contributed by atoms with Gasteiger partial charge < -0.3 is 5.73 Å². The summed E-state index contributed by atoms with van der Waals surface area (Å²) in [6, 6.07) is 4.94. The molecule has 0 fully saturated rings. The Balaban J connectivity index is 3.13. The molecule has 0 unspecified atom stereocenters. The van der Waals surface area contributed by atoms with Crippen LogP contribution in [-0.4, -0.2) is 20.1 Å². The number of nitrogens with two attached hydrogens (primary N) is 1. The fourth-order valence-electron chi connectivity index (χ4n) is 0.841. The Morgan fingerprint density at radius 2 is 2.18 bits per heavy atom. The number of hydrogen-bond donors (Lipinski definition) is 2. The van der Waals surface area contributed by atoms with Crippen molar-refractivity contribution in [1.82, 2.24) is 0 Å². The number of hydroxylamine groups is 1. The van der Waals surface area contributed by atoms with Crippen LogP contribution in [0.1, 0.15) is 0 Å². The van der Waals surface area contributed by atoms with Gasteiger partial charge in [0.05, 0.1) is 11.4 Å². The molecule has 0 amide bonds. The molecule has 11 heavy (non-hydrogen) atoms. The van der Waals surface area contributed by atoms with E-state index >= 15 is 0 Å². The van der Waals surface area contributed by atoms with Gasteiger partial charge in [-0.2, -0.15) is 0 Å². The molecule has 3 nitrogen and oxygen atoms in total. The third-order valence-electron chi connectivity index (χ3n) is 1.40. The molecule has 0 saturated carbocycles. The number of anilines is 2. The highest BCUT2D eigenvalue weighted by Gasteiger charge is 2.00. The number of rotatable bonds is 1. The minimum absolute atomic E-state index is 0.504. The summed E-state index contributed by atoms with van der Waals surface area (Å²) >= 11 is 0. The predicted octanol–water partition coefficient (Wildman–Crippen LogP) is -0.112. The molecule has 0 heterocycles. The molecular formula is C7H9BN2O. The van der Waals surface area contributed by atoms with Gasteiger partial charge in [0.25, 0.3) is 0 Å². The Kier molecular flexibility index (Phi) is 2.05. The van der Waals surface area contributed by atoms with Crippen molar-refractivity contribution in [1.29, 1.82) is 0 Å². The van der Waals surface area contributed by atoms with E-state index in [1.54, 1.807) is 18.2 Å². The molecule has 0 saturated heterocycles. The van der Waals surface area contributed by atoms with E-state index < -0.39 is 0 Å². The molecule has 4 heteroatoms. The van der Waals surface area contributed by atoms with E-state index in [1.165, 1.54) is 7.05 Å². The van der Waals surface area contributed by atoms with Crippen LogP contribution >= 0.6 is 0 Å². The molecule has 0 aromatic heterocycles. The van der Waals surface area contributed by atoms with Crippen molar-refractivity contribution in [3.63, 3.8) is 0 Å². The first-order valence-electron chi connectivity index (χ1n) is 3.19. The largest absolute Gasteiger partial charge is 0.397 e. The summed E-state index contributed by atoms with van der Waals surface area (Å²) in [5, 5.41) is 9.96. The Morgan fingerprint density at radius 3 is 2.64 bits per heavy atom. The first-order chi connectivity index (χ1) is 5.11. The highest BCUT2D eigenvalue weighted by atomic mass is 16.5. The van der Waals surface area contributed by atoms with Gasteiger partial charge in [0.1, 0.15) is 7.85 Å². The lowest BCUT2D eigenvalue weighted by Gasteiger charge is -2.13. The van der Waals surface area contributed by atoms with Crippen LogP contribution in [0.2, 0.25) is 0 Å². The first kappa shape index (κ1) is 7.95. The topological polar surface area (TPSA) is 49.5 Å². The van der Waals surface area contributed by atoms with Crippen LogP contribution in [0.4, 0.5) is 11.4 Å². The van der Waals surface area contributed by atoms with Gasteiger partial charge in [-0.25, -0.2) is 0 Å². The van der Waals surface area contributed by atoms with Crippen LogP contribution in [0, 0.1) is 0 Å². The number of nitrogen functional groups attached to an aromatic ring is 1. The molecule has 56 valence electrons. The molecule has 1 aromatic carbocycles. The maximum atomic E-state index is 9.03. The molecule has 1 aromatic rings. The molecule has 2 radical (unpaired) electrons. The second kappa shape index (κ2) is 2.84. The van der Waals surface area contributed by atoms with Gasteiger partial charge >= 0.3 is 0 Å². The number of hydrogen-bond acceptors (Lipinski definition) is 3. The highest BCUT2D eigenvalue weighted by molar-refractivity contribution is 6.32. The van der Waals surface area contributed by atoms with Gasteiger partial charge in [-0.05, 0) is 12.1 Å². The Labute approximate surface area is 66.8 Å². The fourth-order valence-corrected chi connectivity index (χ4v) is 0.841. The van der Waals surface area contributed by atoms with E-state index in [0.29, 0.717) is 16.8 Å². The van der Waals surface area contributed by atoms with Crippen LogP contribution < -0.4 is 16.3 Å². The van der Waals surface area contributed by atoms with Crippen molar-refractivity contribution in [2.45, 2.75) is 0 Å². The van der Waals surface area contributed by atoms with Gasteiger partial charge in [0.2, 0.25) is 0 Å². The van der Waals surface area contributed by atoms with Gasteiger partial charge in [-0.1, -0.05) is 11.5 Å². The van der Waals surface area contributed by atoms with Crippen molar-refractivity contribution in [2.75, 3.05) is 17.8 Å². The summed E-state index contributed by atoms with van der Waals surface area (Å²) < 4.78 is 0. The molecule has 3 N–H and O–H groups in total. The van der Waals surface area contributed by atoms with E-state index in [4.69, 9.17) is 18.8 Å². The van der Waals surface area contributed by atoms with E-state index in [2.05, 4.69) is 0 Å². The quantitative estimate of drug-likeness (QED) is 0.331. The maximum absolute atomic E-state index is 9.03. The van der Waals surface area contributed by atoms with Crippen LogP contribution in [0.3, 0.4) is 0 Å². The second-order valence-electron chi connectivity index (χ2n) is 2.34. The van der Waals surface area contributed by atoms with E-state index in [0.717, 1.165) is 5.06 Å². The summed E-state index contributed by atoms with van der Waals surface area (Å²) in [6.45, 7) is 0. The van der Waals surface area contributed by atoms with E-state index in [1.807, 2.05) is 0 Å². The highest BCUT2D eigenvalue weighted by Crippen LogP contribution is 2.17. The lowest BCUT2D eigenvalue weighted by atomic mass is 9.95. The summed E-state index contributed by atoms with van der Waals surface area (Å²) in [5.74, 6) is 0. The van der Waals surface area contributed by atoms with Gasteiger partial charge in [0.15, 0.2) is 0 Å². The van der Waals surface area contributed by atoms with Crippen LogP contribution in [-0.2, 0) is 0 Å². The average molecular weight is 148 g/mol. The average Bonchev–Trinajstić information content (AvgIpc) is 1.94. The molecule has 1 rings (SSSR count). The van der Waals surface area contributed by atoms with Crippen molar-refractivity contribution in [3.8, 4) is 0 Å². The number of benzene rings is 1. The zero-order valence-corrected chi connectivity index (χ0v) is 6.28. The van der Waals surface area contributed by atoms with Crippen molar-refractivity contribution >= 4 is 24.7 Å². The zero-order chi connectivity index (χ0) is 8.43. The SMILES string of the molecule is [B]c1ccc(N)c(N(C)O)c1. The minimum Gasteiger partial charge on any atom is -0.397 e. The Bertz CT molecular complexity index is 263. The fraction of sp³-hybridized carbons (Fsp3) is 0.143. The maximum Gasteiger partial charge on any atom is 0.113 e. The molecule has 0 atom stereocenters. The van der Waals surface area contributed by atoms with Gasteiger partial charge in [-0.15, -0.1) is 0 Å². The van der Waals surface area contributed by atoms with Crippen molar-refractivity contribution < 1.29 is 5.21 Å². The lowest BCUT2D eigenvalue weighted by Crippen LogP contribution is -2.15. The number of nitrogens with zero attached hydrogens (tertiary/aromatic N) is 1. The summed E-state index contributed by atoms with van der Waals surface area (Å²) in [6.07, 6.45) is 0. The van der Waals surface area contributed by atoms with E-state index in [9.17, 15) is 0 Å². The van der Waals surface area contributed by atoms with Crippen molar-refractivity contribution in [3.05, 3.63) is 18.2 Å². The van der Waals surface area contributed by atoms with Crippen LogP contribution in [0.5, 0.6) is 0 Å². The third kappa shape index (κ3) is 1.65. The molecule has 0 aliphatic heterocycles. The van der Waals surface area contributed by atoms with Crippen LogP contribution in [0.15, 0.2) is 18.2 Å². The third-order valence-corrected chi connectivity index (χ3v) is 1.40. The smallest absolute Gasteiger partial charge is 0.113 e. The standard InChI is InChI=1S/C7H9BN2O/c1-10(11)7-4-5(8)2-3-6(7)9/h2-4,11H,9H2,1H3. The van der Waals surface area contributed by atoms with Gasteiger partial charge in [-0.3, -0.25) is 10.3 Å². The molecule has 0 aliphatic carbocycles. The monoisotopic (exact) mass is 148 g/mol. The Morgan fingerprint density at radius 1 is 1.55 bits per heavy atom. The van der Waals surface area contributed by atoms with Gasteiger partial charge in [0, 0.05) is 7.05 Å². The summed E-state index contributed by atoms with van der Waals surface area (Å²) in [5.41, 5.74) is 7.13. The van der Waals surface area contributed by atoms with Crippen LogP contribution in [0.25, 0.3) is 0 Å². The molecule has 0 spiro atoms. The predicted molar refractivity (Wildman–Crippen MR) is 46.4 cm³/mol. The molecular weight excluding hydrogens is 139 g/mol. The summed E-state index contributed by atoms with van der Waals surface area (Å²) in [7, 11) is 6.96. The van der Waals surface area contributed by atoms with Crippen molar-refractivity contribution in [2.24, 2.45) is 0 Å². The second-order valence-corrected chi connectivity index (χ2v) is 2.34. The molecule has 0 aliphatic rings. The zero-order valence-electron chi connectivity index (χ0n) is 6.28. The normalized spacial score (nSPS) is 9.64. The van der Waals surface area contributed by atoms with E-state index in [-0.39, 0.29) is 0 Å².